The number of fused-ring (bicyclic) bond motifs is 2. The summed E-state index contributed by atoms with van der Waals surface area (Å²) in [4.78, 5) is 49.8. The Morgan fingerprint density at radius 1 is 1.03 bits per heavy atom. The zero-order valence-electron chi connectivity index (χ0n) is 15.3. The Morgan fingerprint density at radius 2 is 1.66 bits per heavy atom. The summed E-state index contributed by atoms with van der Waals surface area (Å²) in [6.07, 6.45) is 0. The maximum atomic E-state index is 12.8. The van der Waals surface area contributed by atoms with E-state index in [0.29, 0.717) is 0 Å². The molecular weight excluding hydrogens is 374 g/mol. The highest BCUT2D eigenvalue weighted by Gasteiger charge is 2.33. The van der Waals surface area contributed by atoms with E-state index >= 15 is 0 Å². The van der Waals surface area contributed by atoms with Crippen molar-refractivity contribution in [3.05, 3.63) is 75.5 Å². The summed E-state index contributed by atoms with van der Waals surface area (Å²) in [5.74, 6) is -2.59. The summed E-state index contributed by atoms with van der Waals surface area (Å²) in [6, 6.07) is 10.5. The molecule has 3 rings (SSSR count). The molecule has 0 saturated heterocycles. The largest absolute Gasteiger partial charge is 0.454 e. The minimum Gasteiger partial charge on any atom is -0.454 e. The van der Waals surface area contributed by atoms with Gasteiger partial charge in [0.15, 0.2) is 18.2 Å². The second-order valence-electron chi connectivity index (χ2n) is 6.32. The van der Waals surface area contributed by atoms with Gasteiger partial charge in [-0.1, -0.05) is 24.3 Å². The maximum Gasteiger partial charge on any atom is 0.340 e. The van der Waals surface area contributed by atoms with Crippen molar-refractivity contribution < 1.29 is 23.9 Å². The molecule has 2 aromatic carbocycles. The molecule has 1 aliphatic rings. The molecule has 29 heavy (non-hydrogen) atoms. The zero-order chi connectivity index (χ0) is 21.3. The number of esters is 1. The Kier molecular flexibility index (Phi) is 4.98. The Hall–Kier alpha value is -4.25. The molecule has 8 nitrogen and oxygen atoms in total. The Balaban J connectivity index is 1.92. The van der Waals surface area contributed by atoms with Gasteiger partial charge in [-0.15, -0.1) is 0 Å². The van der Waals surface area contributed by atoms with Crippen LogP contribution in [0.5, 0.6) is 0 Å². The fraction of sp³-hybridized carbons (Fsp3) is 0.0952. The van der Waals surface area contributed by atoms with Crippen molar-refractivity contribution in [2.24, 2.45) is 5.73 Å². The van der Waals surface area contributed by atoms with Gasteiger partial charge in [0.25, 0.3) is 0 Å². The number of nitrogens with two attached hydrogens (primary N) is 2. The van der Waals surface area contributed by atoms with E-state index in [4.69, 9.17) is 21.5 Å². The van der Waals surface area contributed by atoms with Crippen LogP contribution in [0.1, 0.15) is 49.1 Å². The van der Waals surface area contributed by atoms with Gasteiger partial charge in [0.1, 0.15) is 11.6 Å². The third-order valence-corrected chi connectivity index (χ3v) is 4.47. The van der Waals surface area contributed by atoms with E-state index in [1.807, 2.05) is 0 Å². The van der Waals surface area contributed by atoms with Crippen molar-refractivity contribution in [3.8, 4) is 6.07 Å². The van der Waals surface area contributed by atoms with Gasteiger partial charge in [-0.25, -0.2) is 4.79 Å². The van der Waals surface area contributed by atoms with Crippen LogP contribution < -0.4 is 11.5 Å². The van der Waals surface area contributed by atoms with Crippen LogP contribution in [0.15, 0.2) is 47.7 Å². The Morgan fingerprint density at radius 3 is 2.24 bits per heavy atom. The van der Waals surface area contributed by atoms with Gasteiger partial charge in [-0.3, -0.25) is 14.4 Å². The first-order valence-corrected chi connectivity index (χ1v) is 8.45. The minimum atomic E-state index is -0.968. The predicted octanol–water partition coefficient (Wildman–Crippen LogP) is 1.53. The first-order chi connectivity index (χ1) is 13.8. The van der Waals surface area contributed by atoms with Crippen LogP contribution in [0.2, 0.25) is 0 Å². The number of ether oxygens (including phenoxy) is 1. The number of rotatable bonds is 4. The topological polar surface area (TPSA) is 153 Å². The van der Waals surface area contributed by atoms with Crippen molar-refractivity contribution in [2.45, 2.75) is 6.92 Å². The lowest BCUT2D eigenvalue weighted by Crippen LogP contribution is -2.24. The third-order valence-electron chi connectivity index (χ3n) is 4.47. The molecule has 0 saturated carbocycles. The number of carbonyl (C=O) groups is 4. The normalized spacial score (nSPS) is 13.0. The molecule has 1 aliphatic carbocycles. The smallest absolute Gasteiger partial charge is 0.340 e. The van der Waals surface area contributed by atoms with Gasteiger partial charge in [0.05, 0.1) is 16.8 Å². The number of nitrogens with zero attached hydrogens (tertiary/aromatic N) is 1. The number of carbonyl (C=O) groups excluding carboxylic acids is 4. The van der Waals surface area contributed by atoms with E-state index in [2.05, 4.69) is 0 Å². The quantitative estimate of drug-likeness (QED) is 0.295. The van der Waals surface area contributed by atoms with E-state index in [9.17, 15) is 19.2 Å². The van der Waals surface area contributed by atoms with Crippen LogP contribution in [-0.4, -0.2) is 29.9 Å². The number of nitrogen functional groups attached to an aromatic ring is 1. The molecule has 0 aliphatic heterocycles. The number of allylic oxidation sites excluding steroid dienone is 1. The third kappa shape index (κ3) is 3.26. The summed E-state index contributed by atoms with van der Waals surface area (Å²) < 4.78 is 4.92. The van der Waals surface area contributed by atoms with Crippen LogP contribution in [0.3, 0.4) is 0 Å². The fourth-order valence-electron chi connectivity index (χ4n) is 3.04. The van der Waals surface area contributed by atoms with Gasteiger partial charge >= 0.3 is 5.97 Å². The van der Waals surface area contributed by atoms with Crippen LogP contribution in [0.25, 0.3) is 0 Å². The van der Waals surface area contributed by atoms with Gasteiger partial charge < -0.3 is 16.2 Å². The van der Waals surface area contributed by atoms with E-state index < -0.39 is 24.1 Å². The summed E-state index contributed by atoms with van der Waals surface area (Å²) in [5, 5.41) is 8.92. The molecule has 0 radical (unpaired) electrons. The van der Waals surface area contributed by atoms with E-state index in [-0.39, 0.29) is 50.6 Å². The average molecular weight is 389 g/mol. The molecule has 0 atom stereocenters. The van der Waals surface area contributed by atoms with Crippen molar-refractivity contribution in [3.63, 3.8) is 0 Å². The van der Waals surface area contributed by atoms with Gasteiger partial charge in [0, 0.05) is 22.4 Å². The molecule has 0 heterocycles. The number of nitriles is 1. The average Bonchev–Trinajstić information content (AvgIpc) is 2.70. The van der Waals surface area contributed by atoms with Crippen LogP contribution in [0.4, 0.5) is 5.69 Å². The lowest BCUT2D eigenvalue weighted by molar-refractivity contribution is -0.118. The van der Waals surface area contributed by atoms with Crippen LogP contribution >= 0.6 is 0 Å². The van der Waals surface area contributed by atoms with Crippen molar-refractivity contribution in [2.75, 3.05) is 12.3 Å². The molecule has 0 amide bonds. The minimum absolute atomic E-state index is 0.00428. The standard InChI is InChI=1S/C21H15N3O5/c1-10(23)15(8-22)16(25)9-29-21(28)14-7-6-13-17(18(14)24)20(27)12-5-3-2-4-11(12)19(13)26/h2-7H,9,23-24H2,1H3/b15-10+. The summed E-state index contributed by atoms with van der Waals surface area (Å²) in [6.45, 7) is 0.655. The second kappa shape index (κ2) is 7.40. The van der Waals surface area contributed by atoms with Crippen LogP contribution in [-0.2, 0) is 9.53 Å². The molecule has 0 spiro atoms. The Labute approximate surface area is 165 Å². The van der Waals surface area contributed by atoms with E-state index in [0.717, 1.165) is 0 Å². The molecule has 0 unspecified atom stereocenters. The first-order valence-electron chi connectivity index (χ1n) is 8.45. The van der Waals surface area contributed by atoms with Gasteiger partial charge in [-0.2, -0.15) is 5.26 Å². The fourth-order valence-corrected chi connectivity index (χ4v) is 3.04. The molecular formula is C21H15N3O5. The van der Waals surface area contributed by atoms with Crippen molar-refractivity contribution in [1.29, 1.82) is 5.26 Å². The van der Waals surface area contributed by atoms with Gasteiger partial charge in [-0.05, 0) is 19.1 Å². The number of benzene rings is 2. The zero-order valence-corrected chi connectivity index (χ0v) is 15.3. The molecule has 144 valence electrons. The predicted molar refractivity (Wildman–Crippen MR) is 102 cm³/mol. The number of hydrogen-bond donors (Lipinski definition) is 2. The lowest BCUT2D eigenvalue weighted by atomic mass is 9.82. The lowest BCUT2D eigenvalue weighted by Gasteiger charge is -2.20. The maximum absolute atomic E-state index is 12.8. The SMILES string of the molecule is C/C(N)=C(/C#N)C(=O)COC(=O)c1ccc2c(c1N)C(=O)c1ccccc1C2=O. The Bertz CT molecular complexity index is 1170. The summed E-state index contributed by atoms with van der Waals surface area (Å²) >= 11 is 0. The second-order valence-corrected chi connectivity index (χ2v) is 6.32. The van der Waals surface area contributed by atoms with Crippen LogP contribution in [0, 0.1) is 11.3 Å². The van der Waals surface area contributed by atoms with Gasteiger partial charge in [0.2, 0.25) is 5.78 Å². The van der Waals surface area contributed by atoms with E-state index in [1.165, 1.54) is 25.1 Å². The number of ketones is 3. The molecule has 4 N–H and O–H groups in total. The van der Waals surface area contributed by atoms with E-state index in [1.54, 1.807) is 24.3 Å². The molecule has 2 aromatic rings. The highest BCUT2D eigenvalue weighted by Crippen LogP contribution is 2.32. The highest BCUT2D eigenvalue weighted by molar-refractivity contribution is 6.30. The number of Topliss-reactive ketones (excluding diaryl/α,β-unsaturated/α-hetero) is 1. The summed E-state index contributed by atoms with van der Waals surface area (Å²) in [7, 11) is 0. The summed E-state index contributed by atoms with van der Waals surface area (Å²) in [5.41, 5.74) is 11.2. The molecule has 0 bridgehead atoms. The number of anilines is 1. The molecule has 0 fully saturated rings. The first kappa shape index (κ1) is 19.5. The highest BCUT2D eigenvalue weighted by atomic mass is 16.5. The van der Waals surface area contributed by atoms with Crippen molar-refractivity contribution in [1.82, 2.24) is 0 Å². The molecule has 0 aromatic heterocycles. The van der Waals surface area contributed by atoms with Crippen molar-refractivity contribution >= 4 is 29.0 Å². The monoisotopic (exact) mass is 389 g/mol. The number of hydrogen-bond acceptors (Lipinski definition) is 8. The molecule has 8 heteroatoms.